The lowest BCUT2D eigenvalue weighted by atomic mass is 10.1. The minimum absolute atomic E-state index is 0.163. The Labute approximate surface area is 164 Å². The Hall–Kier alpha value is -2.02. The molecule has 1 amide bonds. The summed E-state index contributed by atoms with van der Waals surface area (Å²) < 4.78 is 2.11. The van der Waals surface area contributed by atoms with E-state index in [0.29, 0.717) is 0 Å². The summed E-state index contributed by atoms with van der Waals surface area (Å²) in [7, 11) is 0. The highest BCUT2D eigenvalue weighted by molar-refractivity contribution is 8.00. The van der Waals surface area contributed by atoms with Crippen LogP contribution in [-0.4, -0.2) is 57.0 Å². The number of hydrogen-bond donors (Lipinski definition) is 0. The predicted octanol–water partition coefficient (Wildman–Crippen LogP) is 3.36. The number of para-hydroxylation sites is 1. The smallest absolute Gasteiger partial charge is 0.235 e. The fourth-order valence-electron chi connectivity index (χ4n) is 3.84. The first-order valence-electron chi connectivity index (χ1n) is 9.95. The standard InChI is InChI=1S/C20H27N5OS/c1-16(18(26)23-12-8-9-13-23)27-20-22-21-19(24-14-6-3-7-15-24)25(20)17-10-4-2-5-11-17/h2,4-5,10-11,16H,3,6-9,12-15H2,1H3. The Balaban J connectivity index is 1.61. The molecule has 0 N–H and O–H groups in total. The van der Waals surface area contributed by atoms with Gasteiger partial charge in [0.05, 0.1) is 10.9 Å². The van der Waals surface area contributed by atoms with Crippen LogP contribution in [0.4, 0.5) is 5.95 Å². The quantitative estimate of drug-likeness (QED) is 0.739. The lowest BCUT2D eigenvalue weighted by Crippen LogP contribution is -2.34. The Morgan fingerprint density at radius 2 is 1.63 bits per heavy atom. The van der Waals surface area contributed by atoms with E-state index in [0.717, 1.165) is 55.8 Å². The molecule has 6 nitrogen and oxygen atoms in total. The molecule has 1 unspecified atom stereocenters. The van der Waals surface area contributed by atoms with E-state index >= 15 is 0 Å². The van der Waals surface area contributed by atoms with Crippen LogP contribution in [0.3, 0.4) is 0 Å². The molecule has 0 radical (unpaired) electrons. The van der Waals surface area contributed by atoms with Crippen molar-refractivity contribution in [1.29, 1.82) is 0 Å². The van der Waals surface area contributed by atoms with Gasteiger partial charge in [-0.2, -0.15) is 0 Å². The average Bonchev–Trinajstić information content (AvgIpc) is 3.39. The normalized spacial score (nSPS) is 18.7. The Morgan fingerprint density at radius 3 is 2.33 bits per heavy atom. The highest BCUT2D eigenvalue weighted by Gasteiger charge is 2.28. The van der Waals surface area contributed by atoms with Crippen LogP contribution in [0.15, 0.2) is 35.5 Å². The molecule has 2 aliphatic rings. The van der Waals surface area contributed by atoms with Gasteiger partial charge in [-0.3, -0.25) is 9.36 Å². The van der Waals surface area contributed by atoms with Gasteiger partial charge in [0.25, 0.3) is 0 Å². The number of likely N-dealkylation sites (tertiary alicyclic amines) is 1. The van der Waals surface area contributed by atoms with E-state index in [9.17, 15) is 4.79 Å². The number of hydrogen-bond acceptors (Lipinski definition) is 5. The first-order valence-corrected chi connectivity index (χ1v) is 10.8. The van der Waals surface area contributed by atoms with Crippen molar-refractivity contribution in [1.82, 2.24) is 19.7 Å². The molecule has 144 valence electrons. The summed E-state index contributed by atoms with van der Waals surface area (Å²) in [6.07, 6.45) is 5.88. The van der Waals surface area contributed by atoms with Gasteiger partial charge >= 0.3 is 0 Å². The summed E-state index contributed by atoms with van der Waals surface area (Å²) in [4.78, 5) is 17.0. The van der Waals surface area contributed by atoms with E-state index in [-0.39, 0.29) is 11.2 Å². The molecule has 0 bridgehead atoms. The van der Waals surface area contributed by atoms with Crippen LogP contribution in [0.5, 0.6) is 0 Å². The van der Waals surface area contributed by atoms with E-state index in [1.54, 1.807) is 0 Å². The van der Waals surface area contributed by atoms with Crippen LogP contribution in [0.1, 0.15) is 39.0 Å². The van der Waals surface area contributed by atoms with E-state index in [4.69, 9.17) is 0 Å². The molecule has 2 aromatic rings. The molecular formula is C20H27N5OS. The lowest BCUT2D eigenvalue weighted by Gasteiger charge is -2.28. The second-order valence-corrected chi connectivity index (χ2v) is 8.60. The molecule has 1 atom stereocenters. The Bertz CT molecular complexity index is 766. The number of piperidine rings is 1. The van der Waals surface area contributed by atoms with Crippen molar-refractivity contribution < 1.29 is 4.79 Å². The summed E-state index contributed by atoms with van der Waals surface area (Å²) in [5.74, 6) is 1.10. The predicted molar refractivity (Wildman–Crippen MR) is 109 cm³/mol. The summed E-state index contributed by atoms with van der Waals surface area (Å²) >= 11 is 1.52. The van der Waals surface area contributed by atoms with Gasteiger partial charge in [0, 0.05) is 26.2 Å². The number of carbonyl (C=O) groups is 1. The van der Waals surface area contributed by atoms with Gasteiger partial charge in [-0.1, -0.05) is 30.0 Å². The molecule has 27 heavy (non-hydrogen) atoms. The number of thioether (sulfide) groups is 1. The van der Waals surface area contributed by atoms with Crippen LogP contribution >= 0.6 is 11.8 Å². The summed E-state index contributed by atoms with van der Waals surface area (Å²) in [6.45, 7) is 5.77. The van der Waals surface area contributed by atoms with Gasteiger partial charge in [-0.05, 0) is 51.2 Å². The third-order valence-electron chi connectivity index (χ3n) is 5.32. The minimum Gasteiger partial charge on any atom is -0.342 e. The molecule has 1 aromatic carbocycles. The third-order valence-corrected chi connectivity index (χ3v) is 6.35. The largest absolute Gasteiger partial charge is 0.342 e. The third kappa shape index (κ3) is 3.98. The first-order chi connectivity index (χ1) is 13.2. The van der Waals surface area contributed by atoms with Gasteiger partial charge < -0.3 is 9.80 Å². The maximum Gasteiger partial charge on any atom is 0.235 e. The second-order valence-electron chi connectivity index (χ2n) is 7.29. The molecule has 0 saturated carbocycles. The molecule has 1 aromatic heterocycles. The zero-order valence-corrected chi connectivity index (χ0v) is 16.7. The van der Waals surface area contributed by atoms with Crippen molar-refractivity contribution in [3.05, 3.63) is 30.3 Å². The van der Waals surface area contributed by atoms with E-state index < -0.39 is 0 Å². The number of benzene rings is 1. The number of anilines is 1. The summed E-state index contributed by atoms with van der Waals surface area (Å²) in [5.41, 5.74) is 1.05. The molecule has 2 aliphatic heterocycles. The fourth-order valence-corrected chi connectivity index (χ4v) is 4.79. The molecule has 0 spiro atoms. The number of carbonyl (C=O) groups excluding carboxylic acids is 1. The topological polar surface area (TPSA) is 54.3 Å². The second kappa shape index (κ2) is 8.33. The number of rotatable bonds is 5. The SMILES string of the molecule is CC(Sc1nnc(N2CCCCC2)n1-c1ccccc1)C(=O)N1CCCC1. The average molecular weight is 386 g/mol. The van der Waals surface area contributed by atoms with Gasteiger partial charge in [-0.25, -0.2) is 0 Å². The molecule has 2 fully saturated rings. The van der Waals surface area contributed by atoms with Crippen molar-refractivity contribution in [3.8, 4) is 5.69 Å². The van der Waals surface area contributed by atoms with E-state index in [1.807, 2.05) is 30.0 Å². The van der Waals surface area contributed by atoms with Crippen molar-refractivity contribution in [3.63, 3.8) is 0 Å². The molecule has 3 heterocycles. The number of aromatic nitrogens is 3. The minimum atomic E-state index is -0.163. The maximum atomic E-state index is 12.7. The molecule has 0 aliphatic carbocycles. The van der Waals surface area contributed by atoms with Gasteiger partial charge in [-0.15, -0.1) is 10.2 Å². The van der Waals surface area contributed by atoms with E-state index in [1.165, 1.54) is 31.0 Å². The van der Waals surface area contributed by atoms with Crippen LogP contribution in [-0.2, 0) is 4.79 Å². The van der Waals surface area contributed by atoms with Gasteiger partial charge in [0.2, 0.25) is 11.9 Å². The number of nitrogens with zero attached hydrogens (tertiary/aromatic N) is 5. The van der Waals surface area contributed by atoms with Crippen LogP contribution in [0.2, 0.25) is 0 Å². The fraction of sp³-hybridized carbons (Fsp3) is 0.550. The Morgan fingerprint density at radius 1 is 0.963 bits per heavy atom. The van der Waals surface area contributed by atoms with Crippen molar-refractivity contribution in [2.45, 2.75) is 49.4 Å². The van der Waals surface area contributed by atoms with Gasteiger partial charge in [0.1, 0.15) is 0 Å². The van der Waals surface area contributed by atoms with Crippen LogP contribution in [0.25, 0.3) is 5.69 Å². The first kappa shape index (κ1) is 18.3. The highest BCUT2D eigenvalue weighted by Crippen LogP contribution is 2.31. The zero-order valence-electron chi connectivity index (χ0n) is 15.9. The lowest BCUT2D eigenvalue weighted by molar-refractivity contribution is -0.129. The Kier molecular flexibility index (Phi) is 5.66. The van der Waals surface area contributed by atoms with E-state index in [2.05, 4.69) is 31.8 Å². The monoisotopic (exact) mass is 385 g/mol. The van der Waals surface area contributed by atoms with Crippen LogP contribution in [0, 0.1) is 0 Å². The van der Waals surface area contributed by atoms with Crippen molar-refractivity contribution in [2.24, 2.45) is 0 Å². The highest BCUT2D eigenvalue weighted by atomic mass is 32.2. The van der Waals surface area contributed by atoms with Crippen LogP contribution < -0.4 is 4.90 Å². The summed E-state index contributed by atoms with van der Waals surface area (Å²) in [6, 6.07) is 10.2. The molecule has 7 heteroatoms. The number of amides is 1. The molecule has 2 saturated heterocycles. The van der Waals surface area contributed by atoms with Gasteiger partial charge in [0.15, 0.2) is 5.16 Å². The summed E-state index contributed by atoms with van der Waals surface area (Å²) in [5, 5.41) is 9.63. The molecule has 4 rings (SSSR count). The van der Waals surface area contributed by atoms with Crippen molar-refractivity contribution >= 4 is 23.6 Å². The maximum absolute atomic E-state index is 12.7. The molecular weight excluding hydrogens is 358 g/mol. The zero-order chi connectivity index (χ0) is 18.6. The van der Waals surface area contributed by atoms with Crippen molar-refractivity contribution in [2.75, 3.05) is 31.1 Å².